The van der Waals surface area contributed by atoms with Crippen molar-refractivity contribution < 1.29 is 9.18 Å². The molecule has 4 aromatic heterocycles. The predicted octanol–water partition coefficient (Wildman–Crippen LogP) is 2.44. The minimum atomic E-state index is -0.407. The number of amides is 1. The second kappa shape index (κ2) is 6.29. The lowest BCUT2D eigenvalue weighted by atomic mass is 10.1. The second-order valence-electron chi connectivity index (χ2n) is 7.04. The molecule has 0 spiro atoms. The van der Waals surface area contributed by atoms with Crippen LogP contribution in [0.25, 0.3) is 27.8 Å². The summed E-state index contributed by atoms with van der Waals surface area (Å²) in [4.78, 5) is 29.5. The third kappa shape index (κ3) is 2.75. The number of rotatable bonds is 3. The molecule has 1 aliphatic rings. The first-order valence-corrected chi connectivity index (χ1v) is 9.06. The molecule has 142 valence electrons. The smallest absolute Gasteiger partial charge is 0.224 e. The van der Waals surface area contributed by atoms with E-state index < -0.39 is 5.95 Å². The molecular formula is C19H18FN7O. The number of halogens is 1. The highest BCUT2D eigenvalue weighted by Gasteiger charge is 2.23. The number of carbonyl (C=O) groups is 1. The van der Waals surface area contributed by atoms with Crippen LogP contribution >= 0.6 is 0 Å². The molecule has 1 fully saturated rings. The lowest BCUT2D eigenvalue weighted by molar-refractivity contribution is -0.132. The van der Waals surface area contributed by atoms with Gasteiger partial charge in [0.25, 0.3) is 0 Å². The average Bonchev–Trinajstić information content (AvgIpc) is 3.28. The normalized spacial score (nSPS) is 17.6. The van der Waals surface area contributed by atoms with E-state index in [1.165, 1.54) is 10.6 Å². The Morgan fingerprint density at radius 3 is 3.04 bits per heavy atom. The van der Waals surface area contributed by atoms with Crippen molar-refractivity contribution >= 4 is 28.5 Å². The molecule has 8 nitrogen and oxygen atoms in total. The number of likely N-dealkylation sites (N-methyl/N-ethyl adjacent to an activating group) is 1. The van der Waals surface area contributed by atoms with Gasteiger partial charge in [0.15, 0.2) is 0 Å². The Kier molecular flexibility index (Phi) is 3.75. The number of nitrogens with zero attached hydrogens (tertiary/aromatic N) is 5. The van der Waals surface area contributed by atoms with Crippen LogP contribution in [0.4, 0.5) is 10.3 Å². The van der Waals surface area contributed by atoms with E-state index in [2.05, 4.69) is 25.3 Å². The number of fused-ring (bicyclic) bond motifs is 2. The van der Waals surface area contributed by atoms with Gasteiger partial charge in [-0.2, -0.15) is 9.37 Å². The van der Waals surface area contributed by atoms with Crippen LogP contribution in [0, 0.1) is 5.95 Å². The van der Waals surface area contributed by atoms with Gasteiger partial charge in [0.05, 0.1) is 6.20 Å². The van der Waals surface area contributed by atoms with Crippen molar-refractivity contribution in [3.63, 3.8) is 0 Å². The maximum absolute atomic E-state index is 13.8. The summed E-state index contributed by atoms with van der Waals surface area (Å²) in [7, 11) is 1.80. The van der Waals surface area contributed by atoms with Crippen molar-refractivity contribution in [2.45, 2.75) is 18.9 Å². The van der Waals surface area contributed by atoms with Crippen LogP contribution in [0.15, 0.2) is 36.9 Å². The van der Waals surface area contributed by atoms with E-state index in [9.17, 15) is 9.18 Å². The molecule has 0 bridgehead atoms. The summed E-state index contributed by atoms with van der Waals surface area (Å²) >= 11 is 0. The van der Waals surface area contributed by atoms with Gasteiger partial charge in [-0.05, 0) is 18.6 Å². The predicted molar refractivity (Wildman–Crippen MR) is 102 cm³/mol. The third-order valence-electron chi connectivity index (χ3n) is 5.16. The minimum absolute atomic E-state index is 0.126. The average molecular weight is 379 g/mol. The van der Waals surface area contributed by atoms with Crippen molar-refractivity contribution in [1.82, 2.24) is 29.2 Å². The molecule has 1 unspecified atom stereocenters. The lowest BCUT2D eigenvalue weighted by Gasteiger charge is -2.30. The molecule has 2 N–H and O–H groups in total. The first-order valence-electron chi connectivity index (χ1n) is 9.06. The zero-order valence-corrected chi connectivity index (χ0v) is 15.2. The van der Waals surface area contributed by atoms with Gasteiger partial charge in [0.1, 0.15) is 11.3 Å². The summed E-state index contributed by atoms with van der Waals surface area (Å²) in [6.07, 6.45) is 7.79. The Morgan fingerprint density at radius 2 is 2.18 bits per heavy atom. The van der Waals surface area contributed by atoms with E-state index in [0.29, 0.717) is 30.2 Å². The van der Waals surface area contributed by atoms with E-state index in [-0.39, 0.29) is 11.9 Å². The van der Waals surface area contributed by atoms with Crippen molar-refractivity contribution in [3.05, 3.63) is 42.9 Å². The fraction of sp³-hybridized carbons (Fsp3) is 0.263. The number of nitrogens with one attached hydrogen (secondary N) is 2. The molecule has 4 aromatic rings. The standard InChI is InChI=1S/C19H18FN7O/c1-26-10-12(3-5-17(26)28)24-19-23-7-14-13(6-22-18(14)25-19)11-2-4-16-21-8-15(20)27(16)9-11/h2,4,6-9,12H,3,5,10H2,1H3,(H2,22,23,24,25). The van der Waals surface area contributed by atoms with Gasteiger partial charge in [0, 0.05) is 61.2 Å². The van der Waals surface area contributed by atoms with Crippen molar-refractivity contribution in [2.24, 2.45) is 0 Å². The van der Waals surface area contributed by atoms with E-state index in [4.69, 9.17) is 0 Å². The summed E-state index contributed by atoms with van der Waals surface area (Å²) in [5, 5.41) is 4.15. The highest BCUT2D eigenvalue weighted by atomic mass is 19.1. The maximum Gasteiger partial charge on any atom is 0.224 e. The number of carbonyl (C=O) groups excluding carboxylic acids is 1. The van der Waals surface area contributed by atoms with Crippen molar-refractivity contribution in [3.8, 4) is 11.1 Å². The van der Waals surface area contributed by atoms with Crippen LogP contribution in [0.1, 0.15) is 12.8 Å². The first kappa shape index (κ1) is 16.7. The summed E-state index contributed by atoms with van der Waals surface area (Å²) in [6.45, 7) is 0.632. The van der Waals surface area contributed by atoms with E-state index in [0.717, 1.165) is 22.9 Å². The number of anilines is 1. The van der Waals surface area contributed by atoms with E-state index in [1.807, 2.05) is 12.3 Å². The second-order valence-corrected chi connectivity index (χ2v) is 7.04. The topological polar surface area (TPSA) is 91.2 Å². The summed E-state index contributed by atoms with van der Waals surface area (Å²) in [6, 6.07) is 3.79. The minimum Gasteiger partial charge on any atom is -0.350 e. The molecule has 0 saturated carbocycles. The van der Waals surface area contributed by atoms with Crippen LogP contribution in [0.2, 0.25) is 0 Å². The molecule has 28 heavy (non-hydrogen) atoms. The van der Waals surface area contributed by atoms with Crippen LogP contribution in [-0.4, -0.2) is 54.8 Å². The fourth-order valence-electron chi connectivity index (χ4n) is 3.64. The molecule has 1 amide bonds. The molecule has 5 heterocycles. The Balaban J connectivity index is 1.44. The summed E-state index contributed by atoms with van der Waals surface area (Å²) in [5.41, 5.74) is 2.98. The first-order chi connectivity index (χ1) is 13.6. The van der Waals surface area contributed by atoms with Crippen LogP contribution in [0.5, 0.6) is 0 Å². The largest absolute Gasteiger partial charge is 0.350 e. The van der Waals surface area contributed by atoms with Gasteiger partial charge in [-0.15, -0.1) is 0 Å². The number of aromatic nitrogens is 5. The number of imidazole rings is 1. The lowest BCUT2D eigenvalue weighted by Crippen LogP contribution is -2.43. The van der Waals surface area contributed by atoms with Crippen LogP contribution < -0.4 is 5.32 Å². The number of H-pyrrole nitrogens is 1. The van der Waals surface area contributed by atoms with Crippen molar-refractivity contribution in [1.29, 1.82) is 0 Å². The highest BCUT2D eigenvalue weighted by Crippen LogP contribution is 2.28. The number of piperidine rings is 1. The van der Waals surface area contributed by atoms with Gasteiger partial charge in [-0.1, -0.05) is 0 Å². The van der Waals surface area contributed by atoms with E-state index >= 15 is 0 Å². The van der Waals surface area contributed by atoms with Gasteiger partial charge in [-0.25, -0.2) is 9.97 Å². The van der Waals surface area contributed by atoms with Crippen molar-refractivity contribution in [2.75, 3.05) is 18.9 Å². The molecule has 0 radical (unpaired) electrons. The highest BCUT2D eigenvalue weighted by molar-refractivity contribution is 5.93. The zero-order valence-electron chi connectivity index (χ0n) is 15.2. The molecular weight excluding hydrogens is 361 g/mol. The number of hydrogen-bond donors (Lipinski definition) is 2. The molecule has 5 rings (SSSR count). The van der Waals surface area contributed by atoms with Gasteiger partial charge < -0.3 is 15.2 Å². The number of likely N-dealkylation sites (tertiary alicyclic amines) is 1. The monoisotopic (exact) mass is 379 g/mol. The molecule has 1 atom stereocenters. The van der Waals surface area contributed by atoms with Gasteiger partial charge >= 0.3 is 0 Å². The molecule has 0 aliphatic carbocycles. The SMILES string of the molecule is CN1CC(Nc2ncc3c(-c4ccc5ncc(F)n5c4)c[nH]c3n2)CCC1=O. The summed E-state index contributed by atoms with van der Waals surface area (Å²) in [5.74, 6) is 0.273. The van der Waals surface area contributed by atoms with Crippen LogP contribution in [-0.2, 0) is 4.79 Å². The molecule has 1 saturated heterocycles. The molecule has 1 aliphatic heterocycles. The number of hydrogen-bond acceptors (Lipinski definition) is 5. The number of aromatic amines is 1. The molecule has 0 aromatic carbocycles. The maximum atomic E-state index is 13.8. The Hall–Kier alpha value is -3.49. The Morgan fingerprint density at radius 1 is 1.29 bits per heavy atom. The van der Waals surface area contributed by atoms with Gasteiger partial charge in [-0.3, -0.25) is 9.20 Å². The Labute approximate surface area is 159 Å². The Bertz CT molecular complexity index is 1200. The quantitative estimate of drug-likeness (QED) is 0.571. The fourth-order valence-corrected chi connectivity index (χ4v) is 3.64. The molecule has 9 heteroatoms. The van der Waals surface area contributed by atoms with Gasteiger partial charge in [0.2, 0.25) is 17.8 Å². The van der Waals surface area contributed by atoms with Crippen LogP contribution in [0.3, 0.4) is 0 Å². The third-order valence-corrected chi connectivity index (χ3v) is 5.16. The summed E-state index contributed by atoms with van der Waals surface area (Å²) < 4.78 is 15.3. The zero-order chi connectivity index (χ0) is 19.3. The van der Waals surface area contributed by atoms with E-state index in [1.54, 1.807) is 30.4 Å². The number of pyridine rings is 1.